The van der Waals surface area contributed by atoms with Crippen molar-refractivity contribution in [2.45, 2.75) is 32.8 Å². The first-order chi connectivity index (χ1) is 10.7. The maximum Gasteiger partial charge on any atom is 0.224 e. The lowest BCUT2D eigenvalue weighted by molar-refractivity contribution is -0.121. The van der Waals surface area contributed by atoms with E-state index in [-0.39, 0.29) is 24.6 Å². The van der Waals surface area contributed by atoms with Gasteiger partial charge in [0.15, 0.2) is 0 Å². The highest BCUT2D eigenvalue weighted by atomic mass is 35.5. The number of aromatic hydroxyl groups is 1. The van der Waals surface area contributed by atoms with E-state index in [1.165, 1.54) is 12.1 Å². The van der Waals surface area contributed by atoms with E-state index >= 15 is 0 Å². The minimum atomic E-state index is -1.23. The quantitative estimate of drug-likeness (QED) is 0.783. The van der Waals surface area contributed by atoms with Crippen molar-refractivity contribution in [1.29, 1.82) is 0 Å². The summed E-state index contributed by atoms with van der Waals surface area (Å²) in [5.41, 5.74) is 0.0332. The average Bonchev–Trinajstić information content (AvgIpc) is 2.80. The van der Waals surface area contributed by atoms with Crippen LogP contribution < -0.4 is 5.32 Å². The van der Waals surface area contributed by atoms with Gasteiger partial charge in [0.05, 0.1) is 13.0 Å². The Balaban J connectivity index is 1.99. The zero-order valence-corrected chi connectivity index (χ0v) is 14.1. The van der Waals surface area contributed by atoms with Gasteiger partial charge in [-0.25, -0.2) is 0 Å². The summed E-state index contributed by atoms with van der Waals surface area (Å²) in [6, 6.07) is 6.22. The minimum Gasteiger partial charge on any atom is -0.508 e. The molecule has 1 aromatic heterocycles. The van der Waals surface area contributed by atoms with Gasteiger partial charge in [-0.2, -0.15) is 0 Å². The molecule has 1 atom stereocenters. The Labute approximate surface area is 139 Å². The lowest BCUT2D eigenvalue weighted by Crippen LogP contribution is -2.39. The highest BCUT2D eigenvalue weighted by Gasteiger charge is 2.28. The van der Waals surface area contributed by atoms with Crippen molar-refractivity contribution < 1.29 is 19.4 Å². The largest absolute Gasteiger partial charge is 0.508 e. The molecular formula is C17H20ClNO4. The molecule has 0 aliphatic rings. The molecule has 0 saturated heterocycles. The van der Waals surface area contributed by atoms with Gasteiger partial charge in [-0.05, 0) is 44.5 Å². The zero-order valence-electron chi connectivity index (χ0n) is 13.3. The van der Waals surface area contributed by atoms with E-state index in [4.69, 9.17) is 16.0 Å². The number of aliphatic hydroxyl groups is 1. The molecule has 0 aliphatic carbocycles. The van der Waals surface area contributed by atoms with Crippen molar-refractivity contribution in [3.8, 4) is 5.75 Å². The SMILES string of the molecule is Cc1cc(C(C)(O)CNC(=O)Cc2ccc(O)cc2Cl)c(C)o1. The summed E-state index contributed by atoms with van der Waals surface area (Å²) in [4.78, 5) is 12.1. The van der Waals surface area contributed by atoms with Gasteiger partial charge in [0.1, 0.15) is 22.9 Å². The Hall–Kier alpha value is -1.98. The molecule has 0 fully saturated rings. The second kappa shape index (κ2) is 6.64. The van der Waals surface area contributed by atoms with Crippen molar-refractivity contribution in [3.05, 3.63) is 51.9 Å². The molecule has 2 aromatic rings. The van der Waals surface area contributed by atoms with E-state index in [9.17, 15) is 15.0 Å². The topological polar surface area (TPSA) is 82.7 Å². The van der Waals surface area contributed by atoms with E-state index < -0.39 is 5.60 Å². The predicted octanol–water partition coefficient (Wildman–Crippen LogP) is 2.82. The Bertz CT molecular complexity index is 721. The standard InChI is InChI=1S/C17H20ClNO4/c1-10-6-14(11(2)23-10)17(3,22)9-19-16(21)7-12-4-5-13(20)8-15(12)18/h4-6,8,20,22H,7,9H2,1-3H3,(H,19,21). The van der Waals surface area contributed by atoms with Gasteiger partial charge in [-0.1, -0.05) is 17.7 Å². The van der Waals surface area contributed by atoms with Crippen molar-refractivity contribution in [2.24, 2.45) is 0 Å². The van der Waals surface area contributed by atoms with Crippen LogP contribution in [-0.2, 0) is 16.8 Å². The molecule has 2 rings (SSSR count). The number of phenols is 1. The summed E-state index contributed by atoms with van der Waals surface area (Å²) in [5.74, 6) is 1.12. The molecule has 23 heavy (non-hydrogen) atoms. The van der Waals surface area contributed by atoms with Crippen LogP contribution in [0.25, 0.3) is 0 Å². The second-order valence-corrected chi connectivity index (χ2v) is 6.24. The number of hydrogen-bond acceptors (Lipinski definition) is 4. The number of carbonyl (C=O) groups is 1. The van der Waals surface area contributed by atoms with Crippen LogP contribution in [0.15, 0.2) is 28.7 Å². The van der Waals surface area contributed by atoms with Gasteiger partial charge in [-0.3, -0.25) is 4.79 Å². The van der Waals surface area contributed by atoms with Gasteiger partial charge in [0.2, 0.25) is 5.91 Å². The van der Waals surface area contributed by atoms with Crippen molar-refractivity contribution >= 4 is 17.5 Å². The fourth-order valence-electron chi connectivity index (χ4n) is 2.45. The average molecular weight is 338 g/mol. The molecule has 0 spiro atoms. The summed E-state index contributed by atoms with van der Waals surface area (Å²) in [7, 11) is 0. The molecule has 0 bridgehead atoms. The fraction of sp³-hybridized carbons (Fsp3) is 0.353. The Morgan fingerprint density at radius 3 is 2.61 bits per heavy atom. The Morgan fingerprint density at radius 2 is 2.04 bits per heavy atom. The monoisotopic (exact) mass is 337 g/mol. The first kappa shape index (κ1) is 17.4. The Kier molecular flexibility index (Phi) is 5.02. The lowest BCUT2D eigenvalue weighted by atomic mass is 9.96. The Morgan fingerprint density at radius 1 is 1.35 bits per heavy atom. The lowest BCUT2D eigenvalue weighted by Gasteiger charge is -2.23. The third kappa shape index (κ3) is 4.27. The number of rotatable bonds is 5. The number of furan rings is 1. The summed E-state index contributed by atoms with van der Waals surface area (Å²) in [6.07, 6.45) is 0.0680. The fourth-order valence-corrected chi connectivity index (χ4v) is 2.69. The first-order valence-corrected chi connectivity index (χ1v) is 7.61. The van der Waals surface area contributed by atoms with Crippen molar-refractivity contribution in [3.63, 3.8) is 0 Å². The van der Waals surface area contributed by atoms with Crippen LogP contribution in [0.2, 0.25) is 5.02 Å². The molecule has 0 saturated carbocycles. The number of amides is 1. The van der Waals surface area contributed by atoms with Gasteiger partial charge in [-0.15, -0.1) is 0 Å². The van der Waals surface area contributed by atoms with Crippen LogP contribution in [0, 0.1) is 13.8 Å². The van der Waals surface area contributed by atoms with Crippen LogP contribution in [0.4, 0.5) is 0 Å². The van der Waals surface area contributed by atoms with E-state index in [1.54, 1.807) is 32.9 Å². The summed E-state index contributed by atoms with van der Waals surface area (Å²) >= 11 is 5.98. The molecule has 1 amide bonds. The molecule has 1 heterocycles. The molecule has 1 unspecified atom stereocenters. The first-order valence-electron chi connectivity index (χ1n) is 7.23. The molecule has 0 aliphatic heterocycles. The molecule has 1 aromatic carbocycles. The number of hydrogen-bond donors (Lipinski definition) is 3. The number of carbonyl (C=O) groups excluding carboxylic acids is 1. The number of benzene rings is 1. The number of aryl methyl sites for hydroxylation is 2. The van der Waals surface area contributed by atoms with Crippen LogP contribution in [0.1, 0.15) is 29.6 Å². The van der Waals surface area contributed by atoms with E-state index in [2.05, 4.69) is 5.32 Å². The van der Waals surface area contributed by atoms with Crippen LogP contribution in [0.5, 0.6) is 5.75 Å². The van der Waals surface area contributed by atoms with Gasteiger partial charge in [0, 0.05) is 10.6 Å². The van der Waals surface area contributed by atoms with E-state index in [0.29, 0.717) is 27.7 Å². The second-order valence-electron chi connectivity index (χ2n) is 5.83. The number of nitrogens with one attached hydrogen (secondary N) is 1. The van der Waals surface area contributed by atoms with Crippen molar-refractivity contribution in [2.75, 3.05) is 6.54 Å². The highest BCUT2D eigenvalue weighted by Crippen LogP contribution is 2.26. The van der Waals surface area contributed by atoms with Gasteiger partial charge < -0.3 is 19.9 Å². The smallest absolute Gasteiger partial charge is 0.224 e. The molecule has 3 N–H and O–H groups in total. The number of halogens is 1. The molecule has 124 valence electrons. The molecule has 0 radical (unpaired) electrons. The molecule has 6 heteroatoms. The number of phenolic OH excluding ortho intramolecular Hbond substituents is 1. The maximum atomic E-state index is 12.1. The summed E-state index contributed by atoms with van der Waals surface area (Å²) in [6.45, 7) is 5.26. The van der Waals surface area contributed by atoms with E-state index in [1.807, 2.05) is 0 Å². The zero-order chi connectivity index (χ0) is 17.2. The van der Waals surface area contributed by atoms with Crippen LogP contribution in [-0.4, -0.2) is 22.7 Å². The summed E-state index contributed by atoms with van der Waals surface area (Å²) in [5, 5.41) is 22.9. The maximum absolute atomic E-state index is 12.1. The van der Waals surface area contributed by atoms with Crippen LogP contribution in [0.3, 0.4) is 0 Å². The van der Waals surface area contributed by atoms with E-state index in [0.717, 1.165) is 0 Å². The summed E-state index contributed by atoms with van der Waals surface area (Å²) < 4.78 is 5.42. The van der Waals surface area contributed by atoms with Gasteiger partial charge in [0.25, 0.3) is 0 Å². The normalized spacial score (nSPS) is 13.6. The van der Waals surface area contributed by atoms with Gasteiger partial charge >= 0.3 is 0 Å². The van der Waals surface area contributed by atoms with Crippen LogP contribution >= 0.6 is 11.6 Å². The molecule has 5 nitrogen and oxygen atoms in total. The minimum absolute atomic E-state index is 0.0490. The predicted molar refractivity (Wildman–Crippen MR) is 87.6 cm³/mol. The molecular weight excluding hydrogens is 318 g/mol. The van der Waals surface area contributed by atoms with Crippen molar-refractivity contribution in [1.82, 2.24) is 5.32 Å². The third-order valence-electron chi connectivity index (χ3n) is 3.64. The highest BCUT2D eigenvalue weighted by molar-refractivity contribution is 6.31. The third-order valence-corrected chi connectivity index (χ3v) is 3.99.